The van der Waals surface area contributed by atoms with Crippen molar-refractivity contribution in [2.75, 3.05) is 5.32 Å². The molecule has 2 N–H and O–H groups in total. The van der Waals surface area contributed by atoms with E-state index in [1.165, 1.54) is 0 Å². The summed E-state index contributed by atoms with van der Waals surface area (Å²) in [6, 6.07) is 9.30. The van der Waals surface area contributed by atoms with E-state index in [2.05, 4.69) is 25.9 Å². The van der Waals surface area contributed by atoms with Crippen LogP contribution in [0.3, 0.4) is 0 Å². The summed E-state index contributed by atoms with van der Waals surface area (Å²) in [5.41, 5.74) is 0.905. The molecule has 0 saturated heterocycles. The van der Waals surface area contributed by atoms with Crippen LogP contribution in [-0.4, -0.2) is 26.5 Å². The molecule has 0 aliphatic rings. The molecule has 1 amide bonds. The molecular weight excluding hydrogens is 292 g/mol. The number of hydrogen-bond donors (Lipinski definition) is 2. The van der Waals surface area contributed by atoms with Gasteiger partial charge in [-0.2, -0.15) is 5.21 Å². The lowest BCUT2D eigenvalue weighted by molar-refractivity contribution is 0.102. The normalized spacial score (nSPS) is 10.5. The molecule has 3 rings (SSSR count). The Balaban J connectivity index is 1.77. The molecule has 3 aromatic rings. The van der Waals surface area contributed by atoms with Crippen molar-refractivity contribution in [3.63, 3.8) is 0 Å². The number of anilines is 1. The molecule has 0 atom stereocenters. The number of carbonyl (C=O) groups excluding carboxylic acids is 1. The number of hydrogen-bond acceptors (Lipinski definition) is 4. The maximum atomic E-state index is 13.5. The van der Waals surface area contributed by atoms with Gasteiger partial charge in [0.1, 0.15) is 11.6 Å². The van der Waals surface area contributed by atoms with E-state index in [0.717, 1.165) is 12.1 Å². The number of nitrogens with one attached hydrogen (secondary N) is 2. The molecule has 0 unspecified atom stereocenters. The van der Waals surface area contributed by atoms with Gasteiger partial charge in [0.15, 0.2) is 0 Å². The Morgan fingerprint density at radius 1 is 1.09 bits per heavy atom. The molecule has 2 aromatic carbocycles. The van der Waals surface area contributed by atoms with Crippen molar-refractivity contribution in [1.82, 2.24) is 20.6 Å². The SMILES string of the molecule is O=C(Nc1ccc(F)cc1F)c1ccc(-c2nn[nH]n2)cc1. The molecule has 0 spiro atoms. The lowest BCUT2D eigenvalue weighted by Gasteiger charge is -2.06. The average Bonchev–Trinajstić information content (AvgIpc) is 3.04. The van der Waals surface area contributed by atoms with Gasteiger partial charge in [0.25, 0.3) is 5.91 Å². The van der Waals surface area contributed by atoms with E-state index in [0.29, 0.717) is 23.0 Å². The Labute approximate surface area is 123 Å². The van der Waals surface area contributed by atoms with E-state index in [-0.39, 0.29) is 5.69 Å². The third kappa shape index (κ3) is 2.80. The zero-order valence-electron chi connectivity index (χ0n) is 11.0. The molecule has 0 fully saturated rings. The lowest BCUT2D eigenvalue weighted by atomic mass is 10.1. The van der Waals surface area contributed by atoms with Crippen molar-refractivity contribution in [2.45, 2.75) is 0 Å². The molecule has 110 valence electrons. The van der Waals surface area contributed by atoms with E-state index in [1.807, 2.05) is 0 Å². The first-order valence-electron chi connectivity index (χ1n) is 6.24. The topological polar surface area (TPSA) is 83.6 Å². The van der Waals surface area contributed by atoms with Crippen molar-refractivity contribution in [3.05, 3.63) is 59.7 Å². The Bertz CT molecular complexity index is 803. The molecule has 0 bridgehead atoms. The van der Waals surface area contributed by atoms with Crippen LogP contribution >= 0.6 is 0 Å². The highest BCUT2D eigenvalue weighted by molar-refractivity contribution is 6.04. The summed E-state index contributed by atoms with van der Waals surface area (Å²) in [7, 11) is 0. The second-order valence-electron chi connectivity index (χ2n) is 4.39. The minimum Gasteiger partial charge on any atom is -0.319 e. The Hall–Kier alpha value is -3.16. The quantitative estimate of drug-likeness (QED) is 0.778. The Morgan fingerprint density at radius 2 is 1.86 bits per heavy atom. The van der Waals surface area contributed by atoms with Crippen LogP contribution in [-0.2, 0) is 0 Å². The van der Waals surface area contributed by atoms with Gasteiger partial charge in [-0.3, -0.25) is 4.79 Å². The second kappa shape index (κ2) is 5.68. The summed E-state index contributed by atoms with van der Waals surface area (Å²) in [5.74, 6) is -1.65. The van der Waals surface area contributed by atoms with Crippen LogP contribution in [0.4, 0.5) is 14.5 Å². The fourth-order valence-corrected chi connectivity index (χ4v) is 1.84. The maximum Gasteiger partial charge on any atom is 0.255 e. The highest BCUT2D eigenvalue weighted by atomic mass is 19.1. The molecule has 1 aromatic heterocycles. The number of benzene rings is 2. The van der Waals surface area contributed by atoms with Crippen LogP contribution in [0.5, 0.6) is 0 Å². The predicted octanol–water partition coefficient (Wildman–Crippen LogP) is 2.40. The van der Waals surface area contributed by atoms with Crippen LogP contribution in [0.2, 0.25) is 0 Å². The van der Waals surface area contributed by atoms with E-state index in [4.69, 9.17) is 0 Å². The van der Waals surface area contributed by atoms with Gasteiger partial charge in [0.2, 0.25) is 5.82 Å². The Kier molecular flexibility index (Phi) is 3.57. The number of carbonyl (C=O) groups is 1. The van der Waals surface area contributed by atoms with Gasteiger partial charge in [-0.25, -0.2) is 8.78 Å². The van der Waals surface area contributed by atoms with E-state index < -0.39 is 17.5 Å². The fourth-order valence-electron chi connectivity index (χ4n) is 1.84. The minimum absolute atomic E-state index is 0.0892. The Morgan fingerprint density at radius 3 is 2.50 bits per heavy atom. The zero-order chi connectivity index (χ0) is 15.5. The molecule has 0 saturated carbocycles. The number of H-pyrrole nitrogens is 1. The van der Waals surface area contributed by atoms with Gasteiger partial charge in [-0.05, 0) is 29.5 Å². The standard InChI is InChI=1S/C14H9F2N5O/c15-10-5-6-12(11(16)7-10)17-14(22)9-3-1-8(2-4-9)13-18-20-21-19-13/h1-7H,(H,17,22)(H,18,19,20,21). The summed E-state index contributed by atoms with van der Waals surface area (Å²) >= 11 is 0. The average molecular weight is 301 g/mol. The van der Waals surface area contributed by atoms with Crippen LogP contribution in [0.1, 0.15) is 10.4 Å². The number of aromatic amines is 1. The van der Waals surface area contributed by atoms with Gasteiger partial charge < -0.3 is 5.32 Å². The van der Waals surface area contributed by atoms with Crippen LogP contribution in [0.15, 0.2) is 42.5 Å². The monoisotopic (exact) mass is 301 g/mol. The van der Waals surface area contributed by atoms with Gasteiger partial charge >= 0.3 is 0 Å². The predicted molar refractivity (Wildman–Crippen MR) is 73.9 cm³/mol. The van der Waals surface area contributed by atoms with Gasteiger partial charge in [0, 0.05) is 17.2 Å². The van der Waals surface area contributed by atoms with Crippen molar-refractivity contribution in [3.8, 4) is 11.4 Å². The third-order valence-corrected chi connectivity index (χ3v) is 2.93. The van der Waals surface area contributed by atoms with E-state index in [9.17, 15) is 13.6 Å². The highest BCUT2D eigenvalue weighted by Crippen LogP contribution is 2.18. The number of nitrogens with zero attached hydrogens (tertiary/aromatic N) is 3. The maximum absolute atomic E-state index is 13.5. The first kappa shape index (κ1) is 13.8. The van der Waals surface area contributed by atoms with Crippen LogP contribution < -0.4 is 5.32 Å². The van der Waals surface area contributed by atoms with Crippen LogP contribution in [0, 0.1) is 11.6 Å². The summed E-state index contributed by atoms with van der Waals surface area (Å²) in [5, 5.41) is 15.8. The van der Waals surface area contributed by atoms with Gasteiger partial charge in [-0.1, -0.05) is 12.1 Å². The van der Waals surface area contributed by atoms with Crippen LogP contribution in [0.25, 0.3) is 11.4 Å². The molecule has 0 aliphatic heterocycles. The molecule has 1 heterocycles. The fraction of sp³-hybridized carbons (Fsp3) is 0. The zero-order valence-corrected chi connectivity index (χ0v) is 11.0. The number of tetrazole rings is 1. The number of aromatic nitrogens is 4. The second-order valence-corrected chi connectivity index (χ2v) is 4.39. The number of halogens is 2. The minimum atomic E-state index is -0.836. The van der Waals surface area contributed by atoms with Gasteiger partial charge in [0.05, 0.1) is 5.69 Å². The molecule has 8 heteroatoms. The van der Waals surface area contributed by atoms with Gasteiger partial charge in [-0.15, -0.1) is 10.2 Å². The number of amides is 1. The molecule has 0 radical (unpaired) electrons. The van der Waals surface area contributed by atoms with E-state index >= 15 is 0 Å². The summed E-state index contributed by atoms with van der Waals surface area (Å²) < 4.78 is 26.3. The molecule has 0 aliphatic carbocycles. The molecular formula is C14H9F2N5O. The van der Waals surface area contributed by atoms with Crippen molar-refractivity contribution in [1.29, 1.82) is 0 Å². The van der Waals surface area contributed by atoms with E-state index in [1.54, 1.807) is 24.3 Å². The highest BCUT2D eigenvalue weighted by Gasteiger charge is 2.11. The first-order chi connectivity index (χ1) is 10.6. The summed E-state index contributed by atoms with van der Waals surface area (Å²) in [4.78, 5) is 12.0. The smallest absolute Gasteiger partial charge is 0.255 e. The summed E-state index contributed by atoms with van der Waals surface area (Å²) in [6.45, 7) is 0. The van der Waals surface area contributed by atoms with Crippen molar-refractivity contribution < 1.29 is 13.6 Å². The van der Waals surface area contributed by atoms with Crippen molar-refractivity contribution in [2.24, 2.45) is 0 Å². The largest absolute Gasteiger partial charge is 0.319 e. The summed E-state index contributed by atoms with van der Waals surface area (Å²) in [6.07, 6.45) is 0. The molecule has 22 heavy (non-hydrogen) atoms. The molecule has 6 nitrogen and oxygen atoms in total. The third-order valence-electron chi connectivity index (χ3n) is 2.93. The number of rotatable bonds is 3. The van der Waals surface area contributed by atoms with Crippen molar-refractivity contribution >= 4 is 11.6 Å². The lowest BCUT2D eigenvalue weighted by Crippen LogP contribution is -2.13. The first-order valence-corrected chi connectivity index (χ1v) is 6.24.